The Bertz CT molecular complexity index is 2620. The summed E-state index contributed by atoms with van der Waals surface area (Å²) in [7, 11) is 22.8. The molecule has 0 spiro atoms. The van der Waals surface area contributed by atoms with Crippen LogP contribution in [0.2, 0.25) is 0 Å². The third-order valence-electron chi connectivity index (χ3n) is 10.9. The Kier molecular flexibility index (Phi) is 108. The maximum absolute atomic E-state index is 11.1. The molecule has 109 heavy (non-hydrogen) atoms. The van der Waals surface area contributed by atoms with Gasteiger partial charge in [-0.05, 0) is 158 Å². The van der Waals surface area contributed by atoms with Crippen LogP contribution in [0.3, 0.4) is 0 Å². The molecule has 2 aliphatic rings. The highest BCUT2D eigenvalue weighted by atomic mass is 32.2. The lowest BCUT2D eigenvalue weighted by Crippen LogP contribution is -2.32. The number of benzene rings is 1. The van der Waals surface area contributed by atoms with Crippen LogP contribution in [0.5, 0.6) is 5.88 Å². The van der Waals surface area contributed by atoms with E-state index in [1.807, 2.05) is 135 Å². The average molecular weight is 1590 g/mol. The minimum Gasteiger partial charge on any atom is -0.481 e. The summed E-state index contributed by atoms with van der Waals surface area (Å²) >= 11 is 1.74. The number of Topliss-reactive ketones (excluding diaryl/α,β-unsaturated/α-hetero) is 1. The number of hydrogen-bond acceptors (Lipinski definition) is 25. The second-order valence-corrected chi connectivity index (χ2v) is 27.3. The second kappa shape index (κ2) is 97.7. The van der Waals surface area contributed by atoms with Crippen molar-refractivity contribution in [2.75, 3.05) is 230 Å². The normalized spacial score (nSPS) is 10.9. The van der Waals surface area contributed by atoms with Crippen molar-refractivity contribution in [2.24, 2.45) is 11.8 Å². The molecule has 0 atom stereocenters. The molecular formula is C81H148FN7O18S2. The van der Waals surface area contributed by atoms with E-state index in [2.05, 4.69) is 139 Å². The number of anilines is 1. The number of thiophene rings is 1. The number of aliphatic hydroxyl groups excluding tert-OH is 1. The van der Waals surface area contributed by atoms with Crippen molar-refractivity contribution in [3.63, 3.8) is 0 Å². The van der Waals surface area contributed by atoms with Crippen LogP contribution >= 0.6 is 11.3 Å². The summed E-state index contributed by atoms with van der Waals surface area (Å²) in [6.45, 7) is 32.0. The average Bonchev–Trinajstić information content (AvgIpc) is 1.38. The van der Waals surface area contributed by atoms with Crippen LogP contribution in [0.25, 0.3) is 0 Å². The zero-order valence-electron chi connectivity index (χ0n) is 71.8. The van der Waals surface area contributed by atoms with Gasteiger partial charge in [0.25, 0.3) is 0 Å². The van der Waals surface area contributed by atoms with Gasteiger partial charge in [0.1, 0.15) is 28.9 Å². The Labute approximate surface area is 663 Å². The van der Waals surface area contributed by atoms with E-state index < -0.39 is 15.8 Å². The lowest BCUT2D eigenvalue weighted by molar-refractivity contribution is -0.141. The summed E-state index contributed by atoms with van der Waals surface area (Å²) in [6.07, 6.45) is 11.9. The van der Waals surface area contributed by atoms with Crippen molar-refractivity contribution in [1.82, 2.24) is 29.7 Å². The number of carboxylic acid groups (broad SMARTS) is 1. The Morgan fingerprint density at radius 2 is 1.08 bits per heavy atom. The molecule has 4 N–H and O–H groups in total. The number of carbonyl (C=O) groups is 2. The molecule has 0 saturated carbocycles. The third-order valence-corrected chi connectivity index (χ3v) is 12.8. The Balaban J connectivity index is -0.000000140. The smallest absolute Gasteiger partial charge is 0.329 e. The highest BCUT2D eigenvalue weighted by Gasteiger charge is 2.17. The number of carboxylic acids is 1. The molecule has 634 valence electrons. The first-order valence-corrected chi connectivity index (χ1v) is 38.4. The number of hydrogen-bond donors (Lipinski definition) is 3. The minimum absolute atomic E-state index is 0.122. The van der Waals surface area contributed by atoms with Crippen LogP contribution in [0.4, 0.5) is 10.2 Å². The SMILES string of the molecule is CC(C)C.CCC(=O)COC.CN(C)C.CN1CCOCC1.COC.COCC(=O)O.COCC1COC1.COCCCF.COCCCS(C)(=O)=O.COCCO.COCCOC.COc1ccc(C)cn1.Cc1ccc(C)nc1.Cc1ccc(N)nc1.Cc1ccccc1.Cc1cccnc1.Cc1ccsc1. The predicted octanol–water partition coefficient (Wildman–Crippen LogP) is 13.1. The van der Waals surface area contributed by atoms with E-state index in [1.165, 1.54) is 42.7 Å². The maximum atomic E-state index is 11.1. The van der Waals surface area contributed by atoms with Gasteiger partial charge in [-0.3, -0.25) is 19.2 Å². The van der Waals surface area contributed by atoms with Gasteiger partial charge in [-0.2, -0.15) is 11.3 Å². The van der Waals surface area contributed by atoms with Gasteiger partial charge in [-0.25, -0.2) is 23.2 Å². The molecule has 0 aliphatic carbocycles. The summed E-state index contributed by atoms with van der Waals surface area (Å²) in [6, 6.07) is 27.9. The van der Waals surface area contributed by atoms with Gasteiger partial charge in [0.15, 0.2) is 5.78 Å². The molecule has 25 nitrogen and oxygen atoms in total. The summed E-state index contributed by atoms with van der Waals surface area (Å²) < 4.78 is 87.7. The number of morpholine rings is 1. The van der Waals surface area contributed by atoms with Gasteiger partial charge in [0.05, 0.1) is 79.0 Å². The molecule has 0 unspecified atom stereocenters. The molecule has 2 aliphatic heterocycles. The van der Waals surface area contributed by atoms with Gasteiger partial charge in [0, 0.05) is 159 Å². The Hall–Kier alpha value is -6.42. The zero-order chi connectivity index (χ0) is 85.2. The number of rotatable bonds is 20. The first-order chi connectivity index (χ1) is 51.7. The van der Waals surface area contributed by atoms with Crippen molar-refractivity contribution < 1.29 is 89.5 Å². The van der Waals surface area contributed by atoms with Crippen LogP contribution in [0.1, 0.15) is 86.0 Å². The number of aryl methyl sites for hydroxylation is 7. The predicted molar refractivity (Wildman–Crippen MR) is 447 cm³/mol. The monoisotopic (exact) mass is 1590 g/mol. The van der Waals surface area contributed by atoms with E-state index in [-0.39, 0.29) is 38.0 Å². The molecule has 8 rings (SSSR count). The number of methoxy groups -OCH3 is 10. The number of ether oxygens (including phenoxy) is 12. The fourth-order valence-electron chi connectivity index (χ4n) is 5.49. The molecule has 28 heteroatoms. The molecule has 0 radical (unpaired) electrons. The summed E-state index contributed by atoms with van der Waals surface area (Å²) in [5, 5.41) is 19.9. The number of alkyl halides is 1. The number of sulfone groups is 1. The number of aromatic nitrogens is 4. The van der Waals surface area contributed by atoms with Gasteiger partial charge in [0.2, 0.25) is 5.88 Å². The maximum Gasteiger partial charge on any atom is 0.329 e. The fraction of sp³-hybridized carbons (Fsp3) is 0.605. The molecule has 2 saturated heterocycles. The van der Waals surface area contributed by atoms with E-state index in [1.54, 1.807) is 100.0 Å². The zero-order valence-corrected chi connectivity index (χ0v) is 73.4. The number of ketones is 1. The molecular weight excluding hydrogens is 1440 g/mol. The molecule has 6 aromatic rings. The molecule has 1 aromatic carbocycles. The van der Waals surface area contributed by atoms with Gasteiger partial charge < -0.3 is 82.6 Å². The number of halogens is 1. The van der Waals surface area contributed by atoms with Gasteiger partial charge in [-0.15, -0.1) is 0 Å². The quantitative estimate of drug-likeness (QED) is 0.0598. The van der Waals surface area contributed by atoms with Crippen LogP contribution in [0, 0.1) is 60.3 Å². The summed E-state index contributed by atoms with van der Waals surface area (Å²) in [5.74, 6) is 2.21. The highest BCUT2D eigenvalue weighted by molar-refractivity contribution is 7.90. The fourth-order valence-corrected chi connectivity index (χ4v) is 6.80. The van der Waals surface area contributed by atoms with Crippen molar-refractivity contribution in [3.8, 4) is 5.88 Å². The first kappa shape index (κ1) is 121. The van der Waals surface area contributed by atoms with Gasteiger partial charge in [-0.1, -0.05) is 87.9 Å². The number of nitrogen functional groups attached to an aromatic ring is 1. The van der Waals surface area contributed by atoms with Crippen molar-refractivity contribution >= 4 is 38.7 Å². The third kappa shape index (κ3) is 131. The molecule has 5 aromatic heterocycles. The number of aliphatic carboxylic acids is 1. The van der Waals surface area contributed by atoms with Crippen LogP contribution < -0.4 is 10.5 Å². The summed E-state index contributed by atoms with van der Waals surface area (Å²) in [5.41, 5.74) is 13.8. The van der Waals surface area contributed by atoms with Gasteiger partial charge >= 0.3 is 5.97 Å². The molecule has 2 fully saturated rings. The standard InChI is InChI=1S/C7H9NO.C7H9N.C7H8.C6H8N2.C6H7N.C5H11NO.C5H12O3S.2C5H10O2.C5H6S.C4H9FO.C4H10O2.C4H10.C3H9N.C3H6O3.C3H8O2.C2H6O/c1-6-3-4-7(9-2)8-5-6;1-6-3-4-7(2)8-5-6;1-7-5-3-2-4-6-7;1-5-2-3-6(7)8-4-5;1-6-3-2-4-7-5-6;1-6-2-4-7-5-3-6;1-8-4-3-5-9(2,6)7;1-6-2-5-3-7-4-5;1-3-5(6)4-7-2;1-5-2-3-6-4-5;1-6-4-2-3-5;1-5-3-4-6-2;2*1-4(2)3;1-6-2-3(4)5;1-5-3-2-4;1-3-2/h3-5H,1-2H3;3-5H,1-2H3;2-6H,1H3;2-4H,1H3,(H2,7,8);2-5H,1H3;2-5H2,1H3;3-5H2,1-2H3;5H,2-4H2,1H3;3-4H2,1-2H3;2-4H,1H3;2-4H2,1H3;3-4H2,1-2H3;4H,1-3H3;1-3H3;2H2,1H3,(H,4,5);4H,2-3H2,1H3;1-2H3. The Morgan fingerprint density at radius 3 is 1.28 bits per heavy atom. The largest absolute Gasteiger partial charge is 0.481 e. The van der Waals surface area contributed by atoms with E-state index >= 15 is 0 Å². The first-order valence-electron chi connectivity index (χ1n) is 35.4. The molecule has 0 amide bonds. The topological polar surface area (TPSA) is 304 Å². The van der Waals surface area contributed by atoms with Crippen molar-refractivity contribution in [1.29, 1.82) is 0 Å². The second-order valence-electron chi connectivity index (χ2n) is 24.2. The number of pyridine rings is 4. The van der Waals surface area contributed by atoms with Crippen LogP contribution in [-0.2, 0) is 71.5 Å². The van der Waals surface area contributed by atoms with E-state index in [0.717, 1.165) is 68.9 Å². The number of nitrogens with zero attached hydrogens (tertiary/aromatic N) is 6. The van der Waals surface area contributed by atoms with Crippen molar-refractivity contribution in [3.05, 3.63) is 166 Å². The highest BCUT2D eigenvalue weighted by Crippen LogP contribution is 2.09. The van der Waals surface area contributed by atoms with Crippen LogP contribution in [0.15, 0.2) is 127 Å². The van der Waals surface area contributed by atoms with E-state index in [0.29, 0.717) is 69.9 Å². The number of carbonyl (C=O) groups excluding carboxylic acids is 1. The number of aliphatic hydroxyl groups is 1. The molecule has 0 bridgehead atoms. The minimum atomic E-state index is -2.78. The molecule has 7 heterocycles. The van der Waals surface area contributed by atoms with Crippen molar-refractivity contribution in [2.45, 2.75) is 95.4 Å². The lowest BCUT2D eigenvalue weighted by Gasteiger charge is -2.24. The Morgan fingerprint density at radius 1 is 0.615 bits per heavy atom. The summed E-state index contributed by atoms with van der Waals surface area (Å²) in [4.78, 5) is 39.8. The van der Waals surface area contributed by atoms with Crippen LogP contribution in [-0.4, -0.2) is 284 Å². The lowest BCUT2D eigenvalue weighted by atomic mass is 10.1. The number of likely N-dealkylation sites (N-methyl/N-ethyl adjacent to an activating group) is 1. The van der Waals surface area contributed by atoms with E-state index in [4.69, 9.17) is 34.9 Å². The van der Waals surface area contributed by atoms with E-state index in [9.17, 15) is 22.4 Å². The number of nitrogens with two attached hydrogens (primary N) is 1.